The van der Waals surface area contributed by atoms with Crippen LogP contribution in [0.4, 0.5) is 5.13 Å². The minimum absolute atomic E-state index is 0.0497. The van der Waals surface area contributed by atoms with E-state index in [0.29, 0.717) is 23.0 Å². The fourth-order valence-electron chi connectivity index (χ4n) is 3.61. The van der Waals surface area contributed by atoms with Crippen molar-refractivity contribution in [2.75, 3.05) is 11.9 Å². The summed E-state index contributed by atoms with van der Waals surface area (Å²) in [5.74, 6) is -0.182. The summed E-state index contributed by atoms with van der Waals surface area (Å²) in [7, 11) is -3.92. The fourth-order valence-corrected chi connectivity index (χ4v) is 6.18. The zero-order chi connectivity index (χ0) is 22.5. The highest BCUT2D eigenvalue weighted by Gasteiger charge is 2.35. The number of sulfone groups is 1. The summed E-state index contributed by atoms with van der Waals surface area (Å²) in [6, 6.07) is 15.6. The molecular weight excluding hydrogens is 448 g/mol. The number of ketones is 1. The van der Waals surface area contributed by atoms with Crippen LogP contribution in [0.5, 0.6) is 5.75 Å². The molecule has 4 aromatic rings. The summed E-state index contributed by atoms with van der Waals surface area (Å²) >= 11 is 1.28. The number of amides is 1. The Labute approximate surface area is 187 Å². The number of fused-ring (bicyclic) bond motifs is 3. The van der Waals surface area contributed by atoms with Gasteiger partial charge in [-0.1, -0.05) is 23.5 Å². The van der Waals surface area contributed by atoms with Gasteiger partial charge >= 0.3 is 0 Å². The molecule has 0 bridgehead atoms. The van der Waals surface area contributed by atoms with Crippen LogP contribution in [0.15, 0.2) is 70.5 Å². The van der Waals surface area contributed by atoms with Crippen LogP contribution in [0.2, 0.25) is 0 Å². The van der Waals surface area contributed by atoms with E-state index in [1.165, 1.54) is 41.7 Å². The van der Waals surface area contributed by atoms with Gasteiger partial charge in [-0.15, -0.1) is 0 Å². The molecule has 1 aliphatic rings. The van der Waals surface area contributed by atoms with E-state index < -0.39 is 15.7 Å². The first kappa shape index (κ1) is 20.3. The second kappa shape index (κ2) is 7.54. The average Bonchev–Trinajstić information content (AvgIpc) is 3.19. The molecule has 3 aromatic carbocycles. The molecule has 0 saturated heterocycles. The van der Waals surface area contributed by atoms with E-state index in [2.05, 4.69) is 10.3 Å². The van der Waals surface area contributed by atoms with Crippen LogP contribution in [-0.4, -0.2) is 31.7 Å². The van der Waals surface area contributed by atoms with Gasteiger partial charge in [0.1, 0.15) is 5.75 Å². The number of hydrogen-bond acceptors (Lipinski definition) is 7. The Balaban J connectivity index is 1.48. The lowest BCUT2D eigenvalue weighted by molar-refractivity contribution is 0.101. The number of carbonyl (C=O) groups is 2. The van der Waals surface area contributed by atoms with Gasteiger partial charge in [-0.25, -0.2) is 13.4 Å². The Hall–Kier alpha value is -3.56. The van der Waals surface area contributed by atoms with Gasteiger partial charge in [-0.05, 0) is 55.5 Å². The van der Waals surface area contributed by atoms with Gasteiger partial charge in [0.15, 0.2) is 10.9 Å². The molecule has 0 unspecified atom stereocenters. The zero-order valence-corrected chi connectivity index (χ0v) is 18.4. The summed E-state index contributed by atoms with van der Waals surface area (Å²) in [6.07, 6.45) is 0. The highest BCUT2D eigenvalue weighted by molar-refractivity contribution is 7.91. The van der Waals surface area contributed by atoms with E-state index in [1.807, 2.05) is 13.0 Å². The molecule has 160 valence electrons. The molecule has 32 heavy (non-hydrogen) atoms. The Bertz CT molecular complexity index is 1520. The maximum Gasteiger partial charge on any atom is 0.257 e. The molecule has 2 heterocycles. The fraction of sp³-hybridized carbons (Fsp3) is 0.0870. The van der Waals surface area contributed by atoms with E-state index in [9.17, 15) is 18.0 Å². The molecule has 0 aliphatic carbocycles. The number of carbonyl (C=O) groups excluding carboxylic acids is 2. The average molecular weight is 465 g/mol. The lowest BCUT2D eigenvalue weighted by Crippen LogP contribution is -2.21. The molecular formula is C23H16N2O5S2. The number of nitrogens with one attached hydrogen (secondary N) is 1. The van der Waals surface area contributed by atoms with Crippen molar-refractivity contribution in [1.82, 2.24) is 4.98 Å². The van der Waals surface area contributed by atoms with Crippen LogP contribution in [0.25, 0.3) is 10.2 Å². The molecule has 0 spiro atoms. The number of aromatic nitrogens is 1. The molecule has 1 aromatic heterocycles. The maximum absolute atomic E-state index is 13.1. The lowest BCUT2D eigenvalue weighted by Gasteiger charge is -2.19. The van der Waals surface area contributed by atoms with Crippen molar-refractivity contribution in [3.8, 4) is 5.75 Å². The maximum atomic E-state index is 13.1. The van der Waals surface area contributed by atoms with Crippen LogP contribution < -0.4 is 10.1 Å². The molecule has 5 rings (SSSR count). The first-order valence-electron chi connectivity index (χ1n) is 9.76. The Morgan fingerprint density at radius 1 is 1.03 bits per heavy atom. The third-order valence-electron chi connectivity index (χ3n) is 5.09. The quantitative estimate of drug-likeness (QED) is 0.425. The normalized spacial score (nSPS) is 14.0. The largest absolute Gasteiger partial charge is 0.494 e. The van der Waals surface area contributed by atoms with E-state index in [0.717, 1.165) is 4.70 Å². The van der Waals surface area contributed by atoms with E-state index in [4.69, 9.17) is 4.74 Å². The van der Waals surface area contributed by atoms with Gasteiger partial charge in [-0.2, -0.15) is 0 Å². The highest BCUT2D eigenvalue weighted by atomic mass is 32.2. The first-order chi connectivity index (χ1) is 15.4. The summed E-state index contributed by atoms with van der Waals surface area (Å²) in [6.45, 7) is 2.44. The Morgan fingerprint density at radius 3 is 2.62 bits per heavy atom. The smallest absolute Gasteiger partial charge is 0.257 e. The SMILES string of the molecule is CCOc1ccc2nc(NC(=O)c3ccc4c(c3)S(=O)(=O)c3ccccc3C4=O)sc2c1. The van der Waals surface area contributed by atoms with Crippen LogP contribution in [0.3, 0.4) is 0 Å². The Morgan fingerprint density at radius 2 is 1.81 bits per heavy atom. The first-order valence-corrected chi connectivity index (χ1v) is 12.1. The molecule has 9 heteroatoms. The predicted molar refractivity (Wildman–Crippen MR) is 121 cm³/mol. The number of anilines is 1. The number of nitrogens with zero attached hydrogens (tertiary/aromatic N) is 1. The van der Waals surface area contributed by atoms with E-state index in [1.54, 1.807) is 24.3 Å². The van der Waals surface area contributed by atoms with E-state index in [-0.39, 0.29) is 32.3 Å². The van der Waals surface area contributed by atoms with Crippen molar-refractivity contribution >= 4 is 48.2 Å². The van der Waals surface area contributed by atoms with Crippen molar-refractivity contribution < 1.29 is 22.7 Å². The second-order valence-electron chi connectivity index (χ2n) is 7.08. The summed E-state index contributed by atoms with van der Waals surface area (Å²) in [5.41, 5.74) is 1.03. The number of rotatable bonds is 4. The van der Waals surface area contributed by atoms with Crippen molar-refractivity contribution in [3.63, 3.8) is 0 Å². The standard InChI is InChI=1S/C23H16N2O5S2/c1-2-30-14-8-10-17-18(12-14)31-23(24-17)25-22(27)13-7-9-16-20(11-13)32(28,29)19-6-4-3-5-15(19)21(16)26/h3-12H,2H2,1H3,(H,24,25,27). The molecule has 0 fully saturated rings. The summed E-state index contributed by atoms with van der Waals surface area (Å²) in [4.78, 5) is 29.8. The second-order valence-corrected chi connectivity index (χ2v) is 9.99. The monoisotopic (exact) mass is 464 g/mol. The predicted octanol–water partition coefficient (Wildman–Crippen LogP) is 4.32. The van der Waals surface area contributed by atoms with Gasteiger partial charge in [0.25, 0.3) is 5.91 Å². The third kappa shape index (κ3) is 3.26. The minimum Gasteiger partial charge on any atom is -0.494 e. The molecule has 0 radical (unpaired) electrons. The third-order valence-corrected chi connectivity index (χ3v) is 7.88. The van der Waals surface area contributed by atoms with Gasteiger partial charge in [0.2, 0.25) is 9.84 Å². The summed E-state index contributed by atoms with van der Waals surface area (Å²) in [5, 5.41) is 3.09. The summed E-state index contributed by atoms with van der Waals surface area (Å²) < 4.78 is 32.5. The number of ether oxygens (including phenoxy) is 1. The molecule has 1 aliphatic heterocycles. The molecule has 0 saturated carbocycles. The number of hydrogen-bond donors (Lipinski definition) is 1. The van der Waals surface area contributed by atoms with Crippen molar-refractivity contribution in [1.29, 1.82) is 0 Å². The molecule has 1 N–H and O–H groups in total. The number of thiazole rings is 1. The zero-order valence-electron chi connectivity index (χ0n) is 16.8. The van der Waals surface area contributed by atoms with Gasteiger partial charge in [-0.3, -0.25) is 14.9 Å². The minimum atomic E-state index is -3.92. The van der Waals surface area contributed by atoms with Crippen molar-refractivity contribution in [2.45, 2.75) is 16.7 Å². The van der Waals surface area contributed by atoms with Crippen molar-refractivity contribution in [2.24, 2.45) is 0 Å². The van der Waals surface area contributed by atoms with Crippen LogP contribution in [0, 0.1) is 0 Å². The molecule has 0 atom stereocenters. The van der Waals surface area contributed by atoms with Gasteiger partial charge in [0.05, 0.1) is 26.6 Å². The molecule has 1 amide bonds. The van der Waals surface area contributed by atoms with Crippen LogP contribution >= 0.6 is 11.3 Å². The Kier molecular flexibility index (Phi) is 4.79. The topological polar surface area (TPSA) is 102 Å². The van der Waals surface area contributed by atoms with Crippen molar-refractivity contribution in [3.05, 3.63) is 77.4 Å². The van der Waals surface area contributed by atoms with Gasteiger partial charge < -0.3 is 4.74 Å². The van der Waals surface area contributed by atoms with Gasteiger partial charge in [0, 0.05) is 16.7 Å². The van der Waals surface area contributed by atoms with Crippen LogP contribution in [-0.2, 0) is 9.84 Å². The highest BCUT2D eigenvalue weighted by Crippen LogP contribution is 2.35. The van der Waals surface area contributed by atoms with Crippen LogP contribution in [0.1, 0.15) is 33.2 Å². The van der Waals surface area contributed by atoms with E-state index >= 15 is 0 Å². The number of benzene rings is 3. The lowest BCUT2D eigenvalue weighted by atomic mass is 10.0. The molecule has 7 nitrogen and oxygen atoms in total.